The summed E-state index contributed by atoms with van der Waals surface area (Å²) in [6.07, 6.45) is 0. The topological polar surface area (TPSA) is 38.9 Å². The molecule has 1 rings (SSSR count). The van der Waals surface area contributed by atoms with Gasteiger partial charge in [-0.05, 0) is 6.07 Å². The van der Waals surface area contributed by atoms with Gasteiger partial charge in [0.25, 0.3) is 0 Å². The van der Waals surface area contributed by atoms with Gasteiger partial charge in [0.2, 0.25) is 0 Å². The molecule has 0 aromatic carbocycles. The molecule has 1 aromatic rings. The number of anilines is 1. The van der Waals surface area contributed by atoms with Crippen molar-refractivity contribution in [1.29, 1.82) is 0 Å². The second-order valence-corrected chi connectivity index (χ2v) is 2.80. The lowest BCUT2D eigenvalue weighted by Gasteiger charge is -1.97. The van der Waals surface area contributed by atoms with Gasteiger partial charge in [0.05, 0.1) is 10.0 Å². The van der Waals surface area contributed by atoms with Crippen LogP contribution in [0.2, 0.25) is 15.2 Å². The molecule has 2 N–H and O–H groups in total. The van der Waals surface area contributed by atoms with E-state index in [1.807, 2.05) is 0 Å². The first-order valence-electron chi connectivity index (χ1n) is 2.38. The fourth-order valence-corrected chi connectivity index (χ4v) is 0.962. The Kier molecular flexibility index (Phi) is 2.24. The molecule has 0 bridgehead atoms. The van der Waals surface area contributed by atoms with Gasteiger partial charge >= 0.3 is 0 Å². The van der Waals surface area contributed by atoms with Crippen LogP contribution in [0.3, 0.4) is 0 Å². The first-order valence-corrected chi connectivity index (χ1v) is 3.51. The van der Waals surface area contributed by atoms with Crippen LogP contribution in [0.25, 0.3) is 0 Å². The zero-order chi connectivity index (χ0) is 7.72. The second kappa shape index (κ2) is 2.82. The molecule has 0 aliphatic heterocycles. The third-order valence-corrected chi connectivity index (χ3v) is 1.89. The van der Waals surface area contributed by atoms with Gasteiger partial charge < -0.3 is 5.73 Å². The van der Waals surface area contributed by atoms with Crippen LogP contribution in [0.5, 0.6) is 0 Å². The summed E-state index contributed by atoms with van der Waals surface area (Å²) in [6, 6.07) is 1.45. The molecule has 0 saturated carbocycles. The standard InChI is InChI=1S/C5H3Cl3N2/c6-2-1-3(7)5(9)10-4(2)8/h1H,(H2,9,10). The summed E-state index contributed by atoms with van der Waals surface area (Å²) < 4.78 is 0. The maximum atomic E-state index is 5.56. The minimum atomic E-state index is 0.170. The zero-order valence-electron chi connectivity index (χ0n) is 4.74. The van der Waals surface area contributed by atoms with Crippen LogP contribution < -0.4 is 5.73 Å². The predicted molar refractivity (Wildman–Crippen MR) is 43.7 cm³/mol. The number of hydrogen-bond acceptors (Lipinski definition) is 2. The van der Waals surface area contributed by atoms with Crippen molar-refractivity contribution in [2.45, 2.75) is 0 Å². The molecule has 54 valence electrons. The summed E-state index contributed by atoms with van der Waals surface area (Å²) in [5.41, 5.74) is 5.30. The molecule has 0 radical (unpaired) electrons. The lowest BCUT2D eigenvalue weighted by atomic mass is 10.5. The summed E-state index contributed by atoms with van der Waals surface area (Å²) in [5.74, 6) is 0.191. The molecule has 5 heteroatoms. The Hall–Kier alpha value is -0.180. The molecule has 0 fully saturated rings. The maximum Gasteiger partial charge on any atom is 0.150 e. The number of halogens is 3. The number of pyridine rings is 1. The van der Waals surface area contributed by atoms with E-state index in [1.165, 1.54) is 6.07 Å². The molecule has 0 unspecified atom stereocenters. The molecule has 0 atom stereocenters. The van der Waals surface area contributed by atoms with Gasteiger partial charge in [-0.15, -0.1) is 0 Å². The smallest absolute Gasteiger partial charge is 0.150 e. The van der Waals surface area contributed by atoms with E-state index >= 15 is 0 Å². The Balaban J connectivity index is 3.28. The van der Waals surface area contributed by atoms with Gasteiger partial charge in [0.1, 0.15) is 11.0 Å². The lowest BCUT2D eigenvalue weighted by molar-refractivity contribution is 1.34. The average molecular weight is 197 g/mol. The van der Waals surface area contributed by atoms with Crippen LogP contribution in [0.15, 0.2) is 6.07 Å². The highest BCUT2D eigenvalue weighted by atomic mass is 35.5. The molecule has 10 heavy (non-hydrogen) atoms. The molecule has 0 aliphatic carbocycles. The fourth-order valence-electron chi connectivity index (χ4n) is 0.457. The van der Waals surface area contributed by atoms with E-state index in [1.54, 1.807) is 0 Å². The highest BCUT2D eigenvalue weighted by molar-refractivity contribution is 6.42. The Morgan fingerprint density at radius 3 is 2.30 bits per heavy atom. The van der Waals surface area contributed by atoms with Crippen molar-refractivity contribution in [2.24, 2.45) is 0 Å². The summed E-state index contributed by atoms with van der Waals surface area (Å²) in [6.45, 7) is 0. The highest BCUT2D eigenvalue weighted by Gasteiger charge is 2.03. The number of nitrogens with two attached hydrogens (primary N) is 1. The van der Waals surface area contributed by atoms with Crippen LogP contribution in [-0.4, -0.2) is 4.98 Å². The SMILES string of the molecule is Nc1nc(Cl)c(Cl)cc1Cl. The first-order chi connectivity index (χ1) is 4.61. The Labute approximate surface area is 72.9 Å². The van der Waals surface area contributed by atoms with E-state index in [-0.39, 0.29) is 11.0 Å². The first kappa shape index (κ1) is 7.92. The van der Waals surface area contributed by atoms with Crippen molar-refractivity contribution in [3.63, 3.8) is 0 Å². The molecule has 0 amide bonds. The van der Waals surface area contributed by atoms with Gasteiger partial charge in [-0.25, -0.2) is 4.98 Å². The fraction of sp³-hybridized carbons (Fsp3) is 0. The highest BCUT2D eigenvalue weighted by Crippen LogP contribution is 2.26. The van der Waals surface area contributed by atoms with E-state index in [2.05, 4.69) is 4.98 Å². The average Bonchev–Trinajstić information content (AvgIpc) is 1.84. The van der Waals surface area contributed by atoms with E-state index < -0.39 is 0 Å². The van der Waals surface area contributed by atoms with Crippen molar-refractivity contribution in [3.05, 3.63) is 21.3 Å². The van der Waals surface area contributed by atoms with Gasteiger partial charge in [0, 0.05) is 0 Å². The van der Waals surface area contributed by atoms with Crippen molar-refractivity contribution in [1.82, 2.24) is 4.98 Å². The van der Waals surface area contributed by atoms with Crippen molar-refractivity contribution < 1.29 is 0 Å². The van der Waals surface area contributed by atoms with Crippen molar-refractivity contribution >= 4 is 40.6 Å². The number of hydrogen-bond donors (Lipinski definition) is 1. The molecule has 0 spiro atoms. The molecule has 0 aliphatic rings. The van der Waals surface area contributed by atoms with E-state index in [0.717, 1.165) is 0 Å². The normalized spacial score (nSPS) is 9.90. The summed E-state index contributed by atoms with van der Waals surface area (Å²) in [4.78, 5) is 3.65. The number of nitrogens with zero attached hydrogens (tertiary/aromatic N) is 1. The van der Waals surface area contributed by atoms with Gasteiger partial charge in [-0.1, -0.05) is 34.8 Å². The molecular weight excluding hydrogens is 194 g/mol. The van der Waals surface area contributed by atoms with Crippen LogP contribution in [0.1, 0.15) is 0 Å². The number of aromatic nitrogens is 1. The van der Waals surface area contributed by atoms with Crippen molar-refractivity contribution in [2.75, 3.05) is 5.73 Å². The quantitative estimate of drug-likeness (QED) is 0.649. The van der Waals surface area contributed by atoms with Crippen molar-refractivity contribution in [3.8, 4) is 0 Å². The Morgan fingerprint density at radius 2 is 1.80 bits per heavy atom. The predicted octanol–water partition coefficient (Wildman–Crippen LogP) is 2.62. The third kappa shape index (κ3) is 1.45. The van der Waals surface area contributed by atoms with Crippen LogP contribution in [0, 0.1) is 0 Å². The third-order valence-electron chi connectivity index (χ3n) is 0.914. The Morgan fingerprint density at radius 1 is 1.20 bits per heavy atom. The van der Waals surface area contributed by atoms with E-state index in [9.17, 15) is 0 Å². The van der Waals surface area contributed by atoms with E-state index in [0.29, 0.717) is 10.0 Å². The molecule has 0 saturated heterocycles. The van der Waals surface area contributed by atoms with Crippen LogP contribution >= 0.6 is 34.8 Å². The molecular formula is C5H3Cl3N2. The summed E-state index contributed by atoms with van der Waals surface area (Å²) >= 11 is 16.6. The Bertz CT molecular complexity index is 211. The van der Waals surface area contributed by atoms with Crippen LogP contribution in [-0.2, 0) is 0 Å². The lowest BCUT2D eigenvalue weighted by Crippen LogP contribution is -1.91. The zero-order valence-corrected chi connectivity index (χ0v) is 7.00. The maximum absolute atomic E-state index is 5.56. The number of nitrogen functional groups attached to an aromatic ring is 1. The van der Waals surface area contributed by atoms with Crippen LogP contribution in [0.4, 0.5) is 5.82 Å². The molecule has 2 nitrogen and oxygen atoms in total. The van der Waals surface area contributed by atoms with Gasteiger partial charge in [-0.3, -0.25) is 0 Å². The second-order valence-electron chi connectivity index (χ2n) is 1.63. The molecule has 1 aromatic heterocycles. The minimum absolute atomic E-state index is 0.170. The molecule has 1 heterocycles. The van der Waals surface area contributed by atoms with E-state index in [4.69, 9.17) is 40.5 Å². The summed E-state index contributed by atoms with van der Waals surface area (Å²) in [7, 11) is 0. The number of rotatable bonds is 0. The monoisotopic (exact) mass is 196 g/mol. The van der Waals surface area contributed by atoms with Gasteiger partial charge in [0.15, 0.2) is 0 Å². The minimum Gasteiger partial charge on any atom is -0.382 e. The summed E-state index contributed by atoms with van der Waals surface area (Å²) in [5, 5.41) is 0.791. The largest absolute Gasteiger partial charge is 0.382 e. The van der Waals surface area contributed by atoms with Gasteiger partial charge in [-0.2, -0.15) is 0 Å².